The van der Waals surface area contributed by atoms with E-state index in [1.165, 1.54) is 48.8 Å². The number of rotatable bonds is 4. The molecular formula is C40H25NO. The third-order valence-electron chi connectivity index (χ3n) is 8.55. The molecule has 0 fully saturated rings. The maximum Gasteiger partial charge on any atom is 0.135 e. The zero-order chi connectivity index (χ0) is 27.6. The standard InChI is InChI=1S/C40H25NO/c1-2-10-33(11-3-1)41(36-22-19-28-14-13-26-8-6-9-27-18-21-35(36)40(28)39(26)27)34-20-17-29-23-32(16-15-30(29)24-34)38-25-31-7-4-5-12-37(31)42-38/h1-25H. The molecular weight excluding hydrogens is 510 g/mol. The Hall–Kier alpha value is -5.60. The van der Waals surface area contributed by atoms with Gasteiger partial charge < -0.3 is 9.32 Å². The Bertz CT molecular complexity index is 2370. The Morgan fingerprint density at radius 3 is 1.93 bits per heavy atom. The van der Waals surface area contributed by atoms with E-state index in [1.807, 2.05) is 18.2 Å². The van der Waals surface area contributed by atoms with Crippen molar-refractivity contribution in [3.8, 4) is 11.3 Å². The molecule has 0 amide bonds. The van der Waals surface area contributed by atoms with Gasteiger partial charge in [0.05, 0.1) is 5.69 Å². The Balaban J connectivity index is 1.23. The molecule has 9 aromatic rings. The van der Waals surface area contributed by atoms with Crippen molar-refractivity contribution in [3.05, 3.63) is 152 Å². The molecule has 2 heteroatoms. The predicted molar refractivity (Wildman–Crippen MR) is 178 cm³/mol. The van der Waals surface area contributed by atoms with Crippen LogP contribution in [0.25, 0.3) is 65.4 Å². The summed E-state index contributed by atoms with van der Waals surface area (Å²) in [5.41, 5.74) is 5.42. The van der Waals surface area contributed by atoms with E-state index in [1.54, 1.807) is 0 Å². The van der Waals surface area contributed by atoms with Gasteiger partial charge in [-0.25, -0.2) is 0 Å². The number of para-hydroxylation sites is 2. The second-order valence-corrected chi connectivity index (χ2v) is 11.0. The molecule has 8 aromatic carbocycles. The van der Waals surface area contributed by atoms with Crippen molar-refractivity contribution >= 4 is 71.1 Å². The molecule has 9 rings (SSSR count). The molecule has 1 aromatic heterocycles. The van der Waals surface area contributed by atoms with Gasteiger partial charge in [0.2, 0.25) is 0 Å². The minimum Gasteiger partial charge on any atom is -0.456 e. The molecule has 0 saturated carbocycles. The van der Waals surface area contributed by atoms with Crippen LogP contribution in [-0.2, 0) is 0 Å². The summed E-state index contributed by atoms with van der Waals surface area (Å²) in [6.07, 6.45) is 0. The smallest absolute Gasteiger partial charge is 0.135 e. The monoisotopic (exact) mass is 535 g/mol. The molecule has 0 spiro atoms. The molecule has 0 saturated heterocycles. The lowest BCUT2D eigenvalue weighted by Gasteiger charge is -2.28. The fourth-order valence-electron chi connectivity index (χ4n) is 6.57. The minimum atomic E-state index is 0.890. The molecule has 0 radical (unpaired) electrons. The molecule has 0 atom stereocenters. The molecule has 0 unspecified atom stereocenters. The lowest BCUT2D eigenvalue weighted by atomic mass is 9.93. The maximum absolute atomic E-state index is 6.16. The number of fused-ring (bicyclic) bond motifs is 2. The van der Waals surface area contributed by atoms with Gasteiger partial charge >= 0.3 is 0 Å². The third-order valence-corrected chi connectivity index (χ3v) is 8.55. The fraction of sp³-hybridized carbons (Fsp3) is 0. The van der Waals surface area contributed by atoms with Crippen molar-refractivity contribution in [1.82, 2.24) is 0 Å². The van der Waals surface area contributed by atoms with E-state index in [-0.39, 0.29) is 0 Å². The van der Waals surface area contributed by atoms with Crippen molar-refractivity contribution in [1.29, 1.82) is 0 Å². The van der Waals surface area contributed by atoms with Crippen LogP contribution in [0.1, 0.15) is 0 Å². The van der Waals surface area contributed by atoms with Gasteiger partial charge in [-0.3, -0.25) is 0 Å². The van der Waals surface area contributed by atoms with Crippen LogP contribution in [0.2, 0.25) is 0 Å². The first-order chi connectivity index (χ1) is 20.8. The summed E-state index contributed by atoms with van der Waals surface area (Å²) in [7, 11) is 0. The zero-order valence-electron chi connectivity index (χ0n) is 22.8. The highest BCUT2D eigenvalue weighted by Crippen LogP contribution is 2.44. The van der Waals surface area contributed by atoms with Crippen molar-refractivity contribution in [3.63, 3.8) is 0 Å². The van der Waals surface area contributed by atoms with Crippen LogP contribution >= 0.6 is 0 Å². The van der Waals surface area contributed by atoms with Gasteiger partial charge in [0.1, 0.15) is 11.3 Å². The van der Waals surface area contributed by atoms with Crippen LogP contribution < -0.4 is 4.90 Å². The van der Waals surface area contributed by atoms with E-state index < -0.39 is 0 Å². The summed E-state index contributed by atoms with van der Waals surface area (Å²) >= 11 is 0. The Kier molecular flexibility index (Phi) is 4.93. The van der Waals surface area contributed by atoms with Gasteiger partial charge in [0, 0.05) is 27.7 Å². The van der Waals surface area contributed by atoms with Crippen LogP contribution in [-0.4, -0.2) is 0 Å². The maximum atomic E-state index is 6.16. The first-order valence-corrected chi connectivity index (χ1v) is 14.3. The first kappa shape index (κ1) is 23.1. The van der Waals surface area contributed by atoms with E-state index in [9.17, 15) is 0 Å². The second kappa shape index (κ2) is 8.95. The van der Waals surface area contributed by atoms with Crippen molar-refractivity contribution < 1.29 is 4.42 Å². The summed E-state index contributed by atoms with van der Waals surface area (Å²) in [6, 6.07) is 54.4. The summed E-state index contributed by atoms with van der Waals surface area (Å²) in [6.45, 7) is 0. The number of furan rings is 1. The van der Waals surface area contributed by atoms with Crippen LogP contribution in [0.4, 0.5) is 17.1 Å². The minimum absolute atomic E-state index is 0.890. The summed E-state index contributed by atoms with van der Waals surface area (Å²) < 4.78 is 6.16. The molecule has 0 aliphatic rings. The van der Waals surface area contributed by atoms with Crippen LogP contribution in [0.5, 0.6) is 0 Å². The SMILES string of the molecule is c1ccc(N(c2ccc3cc(-c4cc5ccccc5o4)ccc3c2)c2ccc3ccc4cccc5ccc2c3c45)cc1. The molecule has 0 N–H and O–H groups in total. The predicted octanol–water partition coefficient (Wildman–Crippen LogP) is 11.6. The average Bonchev–Trinajstić information content (AvgIpc) is 3.49. The van der Waals surface area contributed by atoms with E-state index in [4.69, 9.17) is 4.42 Å². The Morgan fingerprint density at radius 2 is 1.07 bits per heavy atom. The van der Waals surface area contributed by atoms with Gasteiger partial charge in [-0.05, 0) is 86.2 Å². The first-order valence-electron chi connectivity index (χ1n) is 14.3. The van der Waals surface area contributed by atoms with E-state index in [2.05, 4.69) is 138 Å². The number of anilines is 3. The summed E-state index contributed by atoms with van der Waals surface area (Å²) in [5, 5.41) is 11.2. The largest absolute Gasteiger partial charge is 0.456 e. The van der Waals surface area contributed by atoms with Gasteiger partial charge in [-0.15, -0.1) is 0 Å². The highest BCUT2D eigenvalue weighted by atomic mass is 16.3. The van der Waals surface area contributed by atoms with Crippen LogP contribution in [0.3, 0.4) is 0 Å². The van der Waals surface area contributed by atoms with Crippen molar-refractivity contribution in [2.24, 2.45) is 0 Å². The normalized spacial score (nSPS) is 11.8. The summed E-state index contributed by atoms with van der Waals surface area (Å²) in [4.78, 5) is 2.39. The second-order valence-electron chi connectivity index (χ2n) is 11.0. The molecule has 0 aliphatic heterocycles. The molecule has 0 aliphatic carbocycles. The quantitative estimate of drug-likeness (QED) is 0.208. The van der Waals surface area contributed by atoms with Crippen LogP contribution in [0.15, 0.2) is 156 Å². The van der Waals surface area contributed by atoms with Gasteiger partial charge in [-0.1, -0.05) is 103 Å². The van der Waals surface area contributed by atoms with Gasteiger partial charge in [0.25, 0.3) is 0 Å². The lowest BCUT2D eigenvalue weighted by Crippen LogP contribution is -2.10. The van der Waals surface area contributed by atoms with Crippen molar-refractivity contribution in [2.45, 2.75) is 0 Å². The number of nitrogens with zero attached hydrogens (tertiary/aromatic N) is 1. The van der Waals surface area contributed by atoms with Crippen LogP contribution in [0, 0.1) is 0 Å². The van der Waals surface area contributed by atoms with Gasteiger partial charge in [-0.2, -0.15) is 0 Å². The molecule has 0 bridgehead atoms. The topological polar surface area (TPSA) is 16.4 Å². The molecule has 42 heavy (non-hydrogen) atoms. The molecule has 2 nitrogen and oxygen atoms in total. The average molecular weight is 536 g/mol. The fourth-order valence-corrected chi connectivity index (χ4v) is 6.57. The Labute approximate surface area is 243 Å². The molecule has 1 heterocycles. The highest BCUT2D eigenvalue weighted by molar-refractivity contribution is 6.25. The van der Waals surface area contributed by atoms with E-state index in [0.717, 1.165) is 33.7 Å². The summed E-state index contributed by atoms with van der Waals surface area (Å²) in [5.74, 6) is 0.890. The lowest BCUT2D eigenvalue weighted by molar-refractivity contribution is 0.631. The number of hydrogen-bond acceptors (Lipinski definition) is 2. The highest BCUT2D eigenvalue weighted by Gasteiger charge is 2.18. The molecule has 196 valence electrons. The zero-order valence-corrected chi connectivity index (χ0v) is 22.8. The van der Waals surface area contributed by atoms with E-state index in [0.29, 0.717) is 0 Å². The number of benzene rings is 8. The number of hydrogen-bond donors (Lipinski definition) is 0. The van der Waals surface area contributed by atoms with Gasteiger partial charge in [0.15, 0.2) is 0 Å². The van der Waals surface area contributed by atoms with E-state index >= 15 is 0 Å². The van der Waals surface area contributed by atoms with Crippen molar-refractivity contribution in [2.75, 3.05) is 4.90 Å². The third kappa shape index (κ3) is 3.52. The Morgan fingerprint density at radius 1 is 0.405 bits per heavy atom.